The minimum absolute atomic E-state index is 0.0845. The number of nitrogens with zero attached hydrogens (tertiary/aromatic N) is 2. The van der Waals surface area contributed by atoms with Gasteiger partial charge in [0.2, 0.25) is 5.91 Å². The number of fused-ring (bicyclic) bond motifs is 1. The number of anilines is 1. The summed E-state index contributed by atoms with van der Waals surface area (Å²) in [6.45, 7) is 8.06. The van der Waals surface area contributed by atoms with E-state index in [0.717, 1.165) is 17.1 Å². The largest absolute Gasteiger partial charge is 0.342 e. The number of aryl methyl sites for hydroxylation is 1. The number of hydrogen-bond acceptors (Lipinski definition) is 2. The van der Waals surface area contributed by atoms with Crippen LogP contribution in [0.1, 0.15) is 38.3 Å². The molecule has 4 nitrogen and oxygen atoms in total. The fourth-order valence-corrected chi connectivity index (χ4v) is 2.98. The summed E-state index contributed by atoms with van der Waals surface area (Å²) in [5, 5.41) is 2.87. The summed E-state index contributed by atoms with van der Waals surface area (Å²) in [6, 6.07) is 7.85. The molecule has 3 rings (SSSR count). The summed E-state index contributed by atoms with van der Waals surface area (Å²) < 4.78 is 29.2. The van der Waals surface area contributed by atoms with E-state index in [4.69, 9.17) is 0 Å². The van der Waals surface area contributed by atoms with Crippen molar-refractivity contribution in [2.75, 3.05) is 5.32 Å². The quantitative estimate of drug-likeness (QED) is 0.698. The standard InChI is InChI=1S/C21H23F2N3O/c1-13-10-17-16(24-20(13)25-18(27)11-21(2,3)4)8-9-26(17)12-14-6-5-7-15(22)19(14)23/h5-10H,11-12H2,1-4H3,(H,24,25,27). The van der Waals surface area contributed by atoms with Gasteiger partial charge in [0.1, 0.15) is 5.82 Å². The number of amides is 1. The van der Waals surface area contributed by atoms with Gasteiger partial charge in [0.15, 0.2) is 11.6 Å². The van der Waals surface area contributed by atoms with E-state index in [1.807, 2.05) is 38.3 Å². The van der Waals surface area contributed by atoms with E-state index in [1.54, 1.807) is 18.3 Å². The molecule has 142 valence electrons. The van der Waals surface area contributed by atoms with Crippen molar-refractivity contribution >= 4 is 22.8 Å². The van der Waals surface area contributed by atoms with Crippen LogP contribution >= 0.6 is 0 Å². The van der Waals surface area contributed by atoms with E-state index in [-0.39, 0.29) is 23.4 Å². The van der Waals surface area contributed by atoms with E-state index >= 15 is 0 Å². The van der Waals surface area contributed by atoms with Crippen molar-refractivity contribution in [2.45, 2.75) is 40.7 Å². The van der Waals surface area contributed by atoms with Gasteiger partial charge < -0.3 is 9.88 Å². The Morgan fingerprint density at radius 3 is 2.67 bits per heavy atom. The van der Waals surface area contributed by atoms with Gasteiger partial charge in [-0.15, -0.1) is 0 Å². The minimum atomic E-state index is -0.859. The summed E-state index contributed by atoms with van der Waals surface area (Å²) >= 11 is 0. The highest BCUT2D eigenvalue weighted by atomic mass is 19.2. The first-order valence-corrected chi connectivity index (χ1v) is 8.83. The smallest absolute Gasteiger partial charge is 0.226 e. The van der Waals surface area contributed by atoms with Crippen LogP contribution in [0.15, 0.2) is 36.5 Å². The molecule has 0 unspecified atom stereocenters. The summed E-state index contributed by atoms with van der Waals surface area (Å²) in [7, 11) is 0. The summed E-state index contributed by atoms with van der Waals surface area (Å²) in [5.74, 6) is -1.26. The van der Waals surface area contributed by atoms with Crippen molar-refractivity contribution in [3.8, 4) is 0 Å². The van der Waals surface area contributed by atoms with Crippen LogP contribution in [0, 0.1) is 24.0 Å². The lowest BCUT2D eigenvalue weighted by Gasteiger charge is -2.17. The van der Waals surface area contributed by atoms with Crippen molar-refractivity contribution in [3.63, 3.8) is 0 Å². The molecule has 6 heteroatoms. The highest BCUT2D eigenvalue weighted by Crippen LogP contribution is 2.24. The Hall–Kier alpha value is -2.76. The molecule has 1 N–H and O–H groups in total. The number of hydrogen-bond donors (Lipinski definition) is 1. The lowest BCUT2D eigenvalue weighted by Crippen LogP contribution is -2.20. The summed E-state index contributed by atoms with van der Waals surface area (Å²) in [6.07, 6.45) is 2.17. The zero-order valence-corrected chi connectivity index (χ0v) is 15.9. The van der Waals surface area contributed by atoms with Crippen molar-refractivity contribution in [1.29, 1.82) is 0 Å². The molecule has 0 bridgehead atoms. The Labute approximate surface area is 157 Å². The van der Waals surface area contributed by atoms with Gasteiger partial charge in [-0.2, -0.15) is 0 Å². The van der Waals surface area contributed by atoms with Gasteiger partial charge in [0, 0.05) is 18.2 Å². The molecule has 1 amide bonds. The fourth-order valence-electron chi connectivity index (χ4n) is 2.98. The third kappa shape index (κ3) is 4.32. The number of carbonyl (C=O) groups excluding carboxylic acids is 1. The number of benzene rings is 1. The summed E-state index contributed by atoms with van der Waals surface area (Å²) in [5.41, 5.74) is 2.45. The SMILES string of the molecule is Cc1cc2c(ccn2Cc2cccc(F)c2F)nc1NC(=O)CC(C)(C)C. The maximum Gasteiger partial charge on any atom is 0.226 e. The number of carbonyl (C=O) groups is 1. The van der Waals surface area contributed by atoms with Crippen LogP contribution in [0.5, 0.6) is 0 Å². The molecule has 0 atom stereocenters. The number of aromatic nitrogens is 2. The van der Waals surface area contributed by atoms with Crippen LogP contribution in [0.4, 0.5) is 14.6 Å². The monoisotopic (exact) mass is 371 g/mol. The Kier molecular flexibility index (Phi) is 5.00. The second-order valence-electron chi connectivity index (χ2n) is 8.00. The molecule has 0 aliphatic rings. The third-order valence-electron chi connectivity index (χ3n) is 4.26. The van der Waals surface area contributed by atoms with Crippen LogP contribution < -0.4 is 5.32 Å². The molecule has 1 aromatic carbocycles. The minimum Gasteiger partial charge on any atom is -0.342 e. The molecular weight excluding hydrogens is 348 g/mol. The van der Waals surface area contributed by atoms with E-state index < -0.39 is 11.6 Å². The van der Waals surface area contributed by atoms with Crippen LogP contribution in [0.3, 0.4) is 0 Å². The molecule has 2 heterocycles. The average Bonchev–Trinajstić information content (AvgIpc) is 2.92. The van der Waals surface area contributed by atoms with Gasteiger partial charge in [-0.1, -0.05) is 32.9 Å². The number of halogens is 2. The molecule has 27 heavy (non-hydrogen) atoms. The Morgan fingerprint density at radius 2 is 1.96 bits per heavy atom. The van der Waals surface area contributed by atoms with Gasteiger partial charge in [0.05, 0.1) is 17.6 Å². The highest BCUT2D eigenvalue weighted by Gasteiger charge is 2.18. The first kappa shape index (κ1) is 19.0. The second-order valence-corrected chi connectivity index (χ2v) is 8.00. The lowest BCUT2D eigenvalue weighted by atomic mass is 9.92. The van der Waals surface area contributed by atoms with E-state index in [2.05, 4.69) is 10.3 Å². The van der Waals surface area contributed by atoms with Crippen LogP contribution in [-0.4, -0.2) is 15.5 Å². The molecule has 0 saturated heterocycles. The van der Waals surface area contributed by atoms with E-state index in [0.29, 0.717) is 17.8 Å². The summed E-state index contributed by atoms with van der Waals surface area (Å²) in [4.78, 5) is 16.7. The van der Waals surface area contributed by atoms with Crippen LogP contribution in [0.2, 0.25) is 0 Å². The molecule has 0 aliphatic carbocycles. The second kappa shape index (κ2) is 7.10. The first-order chi connectivity index (χ1) is 12.6. The molecule has 0 spiro atoms. The van der Waals surface area contributed by atoms with Crippen molar-refractivity contribution in [2.24, 2.45) is 5.41 Å². The number of rotatable bonds is 4. The molecule has 3 aromatic rings. The topological polar surface area (TPSA) is 46.9 Å². The van der Waals surface area contributed by atoms with Gasteiger partial charge in [-0.25, -0.2) is 13.8 Å². The lowest BCUT2D eigenvalue weighted by molar-refractivity contribution is -0.117. The van der Waals surface area contributed by atoms with Gasteiger partial charge in [-0.05, 0) is 36.1 Å². The van der Waals surface area contributed by atoms with Gasteiger partial charge in [0.25, 0.3) is 0 Å². The van der Waals surface area contributed by atoms with Crippen molar-refractivity contribution < 1.29 is 13.6 Å². The Bertz CT molecular complexity index is 1000. The van der Waals surface area contributed by atoms with Crippen LogP contribution in [-0.2, 0) is 11.3 Å². The van der Waals surface area contributed by atoms with E-state index in [9.17, 15) is 13.6 Å². The molecule has 0 fully saturated rings. The average molecular weight is 371 g/mol. The molecule has 0 radical (unpaired) electrons. The maximum absolute atomic E-state index is 14.0. The third-order valence-corrected chi connectivity index (χ3v) is 4.26. The predicted octanol–water partition coefficient (Wildman–Crippen LogP) is 5.05. The Balaban J connectivity index is 1.88. The number of pyridine rings is 1. The molecule has 0 saturated carbocycles. The van der Waals surface area contributed by atoms with Gasteiger partial charge in [-0.3, -0.25) is 4.79 Å². The zero-order chi connectivity index (χ0) is 19.8. The molecule has 0 aliphatic heterocycles. The predicted molar refractivity (Wildman–Crippen MR) is 103 cm³/mol. The van der Waals surface area contributed by atoms with E-state index in [1.165, 1.54) is 6.07 Å². The number of nitrogens with one attached hydrogen (secondary N) is 1. The highest BCUT2D eigenvalue weighted by molar-refractivity contribution is 5.92. The van der Waals surface area contributed by atoms with Gasteiger partial charge >= 0.3 is 0 Å². The van der Waals surface area contributed by atoms with Crippen molar-refractivity contribution in [3.05, 3.63) is 59.3 Å². The first-order valence-electron chi connectivity index (χ1n) is 8.83. The van der Waals surface area contributed by atoms with Crippen molar-refractivity contribution in [1.82, 2.24) is 9.55 Å². The zero-order valence-electron chi connectivity index (χ0n) is 15.9. The molecule has 2 aromatic heterocycles. The molecular formula is C21H23F2N3O. The normalized spacial score (nSPS) is 11.8. The fraction of sp³-hybridized carbons (Fsp3) is 0.333. The van der Waals surface area contributed by atoms with Crippen LogP contribution in [0.25, 0.3) is 11.0 Å². The Morgan fingerprint density at radius 1 is 1.22 bits per heavy atom. The maximum atomic E-state index is 14.0.